The van der Waals surface area contributed by atoms with E-state index < -0.39 is 0 Å². The van der Waals surface area contributed by atoms with E-state index in [1.54, 1.807) is 27.8 Å². The molecular formula is C15H20N2O4. The first kappa shape index (κ1) is 15.3. The Kier molecular flexibility index (Phi) is 5.14. The molecule has 2 heterocycles. The summed E-state index contributed by atoms with van der Waals surface area (Å²) in [5, 5.41) is 0. The fraction of sp³-hybridized carbons (Fsp3) is 0.533. The zero-order valence-electron chi connectivity index (χ0n) is 12.2. The van der Waals surface area contributed by atoms with Gasteiger partial charge in [0.15, 0.2) is 6.29 Å². The van der Waals surface area contributed by atoms with Crippen LogP contribution in [0.5, 0.6) is 0 Å². The number of hydrogen-bond acceptors (Lipinski definition) is 4. The molecule has 0 saturated carbocycles. The number of amides is 1. The molecule has 0 aromatic carbocycles. The summed E-state index contributed by atoms with van der Waals surface area (Å²) < 4.78 is 6.50. The number of ether oxygens (including phenoxy) is 1. The number of carbonyl (C=O) groups is 3. The molecule has 0 aliphatic carbocycles. The number of methoxy groups -OCH3 is 1. The Hall–Kier alpha value is -2.11. The Bertz CT molecular complexity index is 515. The SMILES string of the molecule is COC(=O)C1CCN(C(=O)CCn2cccc2C=O)CC1. The molecular weight excluding hydrogens is 272 g/mol. The maximum atomic E-state index is 12.1. The van der Waals surface area contributed by atoms with Crippen LogP contribution in [-0.2, 0) is 20.9 Å². The second kappa shape index (κ2) is 7.06. The monoisotopic (exact) mass is 292 g/mol. The van der Waals surface area contributed by atoms with E-state index in [1.165, 1.54) is 7.11 Å². The van der Waals surface area contributed by atoms with Gasteiger partial charge in [-0.25, -0.2) is 0 Å². The van der Waals surface area contributed by atoms with E-state index in [9.17, 15) is 14.4 Å². The average Bonchev–Trinajstić information content (AvgIpc) is 2.99. The zero-order valence-corrected chi connectivity index (χ0v) is 12.2. The van der Waals surface area contributed by atoms with Crippen molar-refractivity contribution in [3.63, 3.8) is 0 Å². The molecule has 6 nitrogen and oxygen atoms in total. The Balaban J connectivity index is 1.80. The highest BCUT2D eigenvalue weighted by Gasteiger charge is 2.27. The van der Waals surface area contributed by atoms with Crippen LogP contribution in [-0.4, -0.2) is 47.8 Å². The maximum absolute atomic E-state index is 12.1. The van der Waals surface area contributed by atoms with Crippen molar-refractivity contribution in [3.05, 3.63) is 24.0 Å². The number of hydrogen-bond donors (Lipinski definition) is 0. The lowest BCUT2D eigenvalue weighted by Crippen LogP contribution is -2.40. The molecule has 1 aliphatic heterocycles. The van der Waals surface area contributed by atoms with Crippen LogP contribution < -0.4 is 0 Å². The largest absolute Gasteiger partial charge is 0.469 e. The number of nitrogens with zero attached hydrogens (tertiary/aromatic N) is 2. The van der Waals surface area contributed by atoms with Crippen molar-refractivity contribution in [2.75, 3.05) is 20.2 Å². The third kappa shape index (κ3) is 3.71. The summed E-state index contributed by atoms with van der Waals surface area (Å²) in [6, 6.07) is 3.51. The number of esters is 1. The van der Waals surface area contributed by atoms with E-state index in [-0.39, 0.29) is 17.8 Å². The van der Waals surface area contributed by atoms with Gasteiger partial charge in [-0.15, -0.1) is 0 Å². The Morgan fingerprint density at radius 1 is 1.38 bits per heavy atom. The number of aldehydes is 1. The van der Waals surface area contributed by atoms with Crippen LogP contribution in [0.4, 0.5) is 0 Å². The van der Waals surface area contributed by atoms with Gasteiger partial charge in [0.1, 0.15) is 0 Å². The van der Waals surface area contributed by atoms with Crippen LogP contribution in [0, 0.1) is 5.92 Å². The number of piperidine rings is 1. The fourth-order valence-electron chi connectivity index (χ4n) is 2.64. The summed E-state index contributed by atoms with van der Waals surface area (Å²) >= 11 is 0. The number of aromatic nitrogens is 1. The molecule has 1 aromatic rings. The summed E-state index contributed by atoms with van der Waals surface area (Å²) in [5.74, 6) is -0.223. The number of carbonyl (C=O) groups excluding carboxylic acids is 3. The van der Waals surface area contributed by atoms with Gasteiger partial charge in [-0.3, -0.25) is 14.4 Å². The molecule has 0 spiro atoms. The topological polar surface area (TPSA) is 68.6 Å². The molecule has 0 radical (unpaired) electrons. The number of rotatable bonds is 5. The van der Waals surface area contributed by atoms with Crippen molar-refractivity contribution < 1.29 is 19.1 Å². The van der Waals surface area contributed by atoms with Gasteiger partial charge in [-0.2, -0.15) is 0 Å². The molecule has 114 valence electrons. The molecule has 1 aromatic heterocycles. The summed E-state index contributed by atoms with van der Waals surface area (Å²) in [5.41, 5.74) is 0.576. The van der Waals surface area contributed by atoms with Crippen molar-refractivity contribution in [2.45, 2.75) is 25.8 Å². The van der Waals surface area contributed by atoms with Gasteiger partial charge >= 0.3 is 5.97 Å². The molecule has 0 atom stereocenters. The Morgan fingerprint density at radius 2 is 2.10 bits per heavy atom. The van der Waals surface area contributed by atoms with Crippen LogP contribution in [0.1, 0.15) is 29.8 Å². The maximum Gasteiger partial charge on any atom is 0.308 e. The molecule has 2 rings (SSSR count). The van der Waals surface area contributed by atoms with E-state index in [4.69, 9.17) is 4.74 Å². The van der Waals surface area contributed by atoms with E-state index >= 15 is 0 Å². The van der Waals surface area contributed by atoms with Gasteiger partial charge < -0.3 is 14.2 Å². The van der Waals surface area contributed by atoms with E-state index in [0.29, 0.717) is 44.6 Å². The smallest absolute Gasteiger partial charge is 0.308 e. The predicted molar refractivity (Wildman–Crippen MR) is 75.8 cm³/mol. The first-order valence-corrected chi connectivity index (χ1v) is 7.11. The molecule has 0 N–H and O–H groups in total. The van der Waals surface area contributed by atoms with Gasteiger partial charge in [0.05, 0.1) is 18.7 Å². The molecule has 1 fully saturated rings. The third-order valence-electron chi connectivity index (χ3n) is 3.93. The standard InChI is InChI=1S/C15H20N2O4/c1-21-15(20)12-4-8-17(9-5-12)14(19)6-10-16-7-2-3-13(16)11-18/h2-3,7,11-12H,4-6,8-10H2,1H3. The molecule has 0 bridgehead atoms. The lowest BCUT2D eigenvalue weighted by Gasteiger charge is -2.30. The van der Waals surface area contributed by atoms with Crippen molar-refractivity contribution in [3.8, 4) is 0 Å². The van der Waals surface area contributed by atoms with E-state index in [0.717, 1.165) is 6.29 Å². The summed E-state index contributed by atoms with van der Waals surface area (Å²) in [6.07, 6.45) is 4.24. The molecule has 1 aliphatic rings. The van der Waals surface area contributed by atoms with Crippen LogP contribution in [0.25, 0.3) is 0 Å². The lowest BCUT2D eigenvalue weighted by atomic mass is 9.97. The minimum Gasteiger partial charge on any atom is -0.469 e. The molecule has 0 unspecified atom stereocenters. The van der Waals surface area contributed by atoms with E-state index in [1.807, 2.05) is 0 Å². The van der Waals surface area contributed by atoms with Crippen LogP contribution in [0.3, 0.4) is 0 Å². The van der Waals surface area contributed by atoms with Crippen molar-refractivity contribution >= 4 is 18.2 Å². The average molecular weight is 292 g/mol. The van der Waals surface area contributed by atoms with Crippen molar-refractivity contribution in [1.82, 2.24) is 9.47 Å². The van der Waals surface area contributed by atoms with Gasteiger partial charge in [0.2, 0.25) is 5.91 Å². The molecule has 1 amide bonds. The summed E-state index contributed by atoms with van der Waals surface area (Å²) in [4.78, 5) is 36.2. The number of likely N-dealkylation sites (tertiary alicyclic amines) is 1. The minimum absolute atomic E-state index is 0.0591. The second-order valence-corrected chi connectivity index (χ2v) is 5.17. The second-order valence-electron chi connectivity index (χ2n) is 5.17. The highest BCUT2D eigenvalue weighted by Crippen LogP contribution is 2.19. The van der Waals surface area contributed by atoms with Crippen molar-refractivity contribution in [1.29, 1.82) is 0 Å². The highest BCUT2D eigenvalue weighted by molar-refractivity contribution is 5.77. The van der Waals surface area contributed by atoms with Gasteiger partial charge in [0, 0.05) is 32.3 Å². The predicted octanol–water partition coefficient (Wildman–Crippen LogP) is 1.10. The first-order chi connectivity index (χ1) is 10.2. The fourth-order valence-corrected chi connectivity index (χ4v) is 2.64. The first-order valence-electron chi connectivity index (χ1n) is 7.11. The highest BCUT2D eigenvalue weighted by atomic mass is 16.5. The summed E-state index contributed by atoms with van der Waals surface area (Å²) in [6.45, 7) is 1.67. The van der Waals surface area contributed by atoms with Gasteiger partial charge in [-0.1, -0.05) is 0 Å². The molecule has 21 heavy (non-hydrogen) atoms. The quantitative estimate of drug-likeness (QED) is 0.602. The molecule has 1 saturated heterocycles. The Labute approximate surface area is 123 Å². The third-order valence-corrected chi connectivity index (χ3v) is 3.93. The van der Waals surface area contributed by atoms with Crippen LogP contribution >= 0.6 is 0 Å². The summed E-state index contributed by atoms with van der Waals surface area (Å²) in [7, 11) is 1.39. The lowest BCUT2D eigenvalue weighted by molar-refractivity contribution is -0.148. The van der Waals surface area contributed by atoms with Crippen molar-refractivity contribution in [2.24, 2.45) is 5.92 Å². The van der Waals surface area contributed by atoms with Crippen LogP contribution in [0.2, 0.25) is 0 Å². The zero-order chi connectivity index (χ0) is 15.2. The van der Waals surface area contributed by atoms with Gasteiger partial charge in [0.25, 0.3) is 0 Å². The number of aryl methyl sites for hydroxylation is 1. The molecule has 6 heteroatoms. The van der Waals surface area contributed by atoms with Crippen LogP contribution in [0.15, 0.2) is 18.3 Å². The Morgan fingerprint density at radius 3 is 2.71 bits per heavy atom. The van der Waals surface area contributed by atoms with Gasteiger partial charge in [-0.05, 0) is 25.0 Å². The minimum atomic E-state index is -0.190. The van der Waals surface area contributed by atoms with E-state index in [2.05, 4.69) is 0 Å². The normalized spacial score (nSPS) is 15.8.